The highest BCUT2D eigenvalue weighted by atomic mass is 32.2. The molecule has 0 radical (unpaired) electrons. The molecule has 0 saturated carbocycles. The molecule has 0 bridgehead atoms. The van der Waals surface area contributed by atoms with E-state index in [4.69, 9.17) is 0 Å². The van der Waals surface area contributed by atoms with E-state index < -0.39 is 17.2 Å². The second-order valence-corrected chi connectivity index (χ2v) is 2.75. The molecule has 0 spiro atoms. The first-order chi connectivity index (χ1) is 4.02. The highest BCUT2D eigenvalue weighted by molar-refractivity contribution is 8.15. The molecule has 1 unspecified atom stereocenters. The van der Waals surface area contributed by atoms with Gasteiger partial charge in [-0.1, -0.05) is 11.8 Å². The van der Waals surface area contributed by atoms with Crippen molar-refractivity contribution in [1.29, 1.82) is 0 Å². The highest BCUT2D eigenvalue weighted by Crippen LogP contribution is 2.39. The van der Waals surface area contributed by atoms with Crippen molar-refractivity contribution in [3.05, 3.63) is 0 Å². The van der Waals surface area contributed by atoms with E-state index in [0.29, 0.717) is 0 Å². The SMILES string of the molecule is O=C1SCC1C(F)(F)F. The molecule has 1 fully saturated rings. The van der Waals surface area contributed by atoms with Gasteiger partial charge in [0.05, 0.1) is 0 Å². The van der Waals surface area contributed by atoms with Crippen molar-refractivity contribution in [2.45, 2.75) is 6.18 Å². The Morgan fingerprint density at radius 2 is 2.11 bits per heavy atom. The third-order valence-electron chi connectivity index (χ3n) is 1.07. The van der Waals surface area contributed by atoms with Crippen LogP contribution in [-0.2, 0) is 4.79 Å². The monoisotopic (exact) mass is 156 g/mol. The van der Waals surface area contributed by atoms with Crippen molar-refractivity contribution in [2.24, 2.45) is 5.92 Å². The third kappa shape index (κ3) is 1.20. The summed E-state index contributed by atoms with van der Waals surface area (Å²) >= 11 is 0.736. The summed E-state index contributed by atoms with van der Waals surface area (Å²) in [5.74, 6) is -1.77. The van der Waals surface area contributed by atoms with Gasteiger partial charge in [0.25, 0.3) is 0 Å². The number of hydrogen-bond acceptors (Lipinski definition) is 2. The summed E-state index contributed by atoms with van der Waals surface area (Å²) in [5.41, 5.74) is 0. The first-order valence-corrected chi connectivity index (χ1v) is 3.24. The Morgan fingerprint density at radius 1 is 1.56 bits per heavy atom. The summed E-state index contributed by atoms with van der Waals surface area (Å²) in [6, 6.07) is 0. The minimum atomic E-state index is -4.30. The van der Waals surface area contributed by atoms with Crippen LogP contribution < -0.4 is 0 Å². The average molecular weight is 156 g/mol. The quantitative estimate of drug-likeness (QED) is 0.527. The lowest BCUT2D eigenvalue weighted by Crippen LogP contribution is -2.38. The van der Waals surface area contributed by atoms with Crippen molar-refractivity contribution >= 4 is 16.9 Å². The molecule has 1 saturated heterocycles. The van der Waals surface area contributed by atoms with Crippen molar-refractivity contribution < 1.29 is 18.0 Å². The smallest absolute Gasteiger partial charge is 0.286 e. The van der Waals surface area contributed by atoms with Crippen LogP contribution in [0, 0.1) is 5.92 Å². The van der Waals surface area contributed by atoms with Crippen LogP contribution in [0.2, 0.25) is 0 Å². The molecule has 1 atom stereocenters. The van der Waals surface area contributed by atoms with Gasteiger partial charge in [-0.05, 0) is 0 Å². The van der Waals surface area contributed by atoms with E-state index in [2.05, 4.69) is 0 Å². The highest BCUT2D eigenvalue weighted by Gasteiger charge is 2.50. The zero-order chi connectivity index (χ0) is 7.07. The van der Waals surface area contributed by atoms with E-state index in [1.165, 1.54) is 0 Å². The lowest BCUT2D eigenvalue weighted by atomic mass is 10.2. The van der Waals surface area contributed by atoms with Gasteiger partial charge in [-0.15, -0.1) is 0 Å². The van der Waals surface area contributed by atoms with Gasteiger partial charge < -0.3 is 0 Å². The maximum atomic E-state index is 11.5. The number of rotatable bonds is 0. The zero-order valence-corrected chi connectivity index (χ0v) is 5.05. The Kier molecular flexibility index (Phi) is 1.46. The fourth-order valence-corrected chi connectivity index (χ4v) is 1.25. The standard InChI is InChI=1S/C4H3F3OS/c5-4(6,7)2-1-9-3(2)8/h2H,1H2. The predicted molar refractivity (Wildman–Crippen MR) is 27.0 cm³/mol. The maximum absolute atomic E-state index is 11.5. The van der Waals surface area contributed by atoms with Crippen LogP contribution in [0.5, 0.6) is 0 Å². The Bertz CT molecular complexity index is 141. The number of hydrogen-bond donors (Lipinski definition) is 0. The Labute approximate surface area is 53.6 Å². The van der Waals surface area contributed by atoms with Gasteiger partial charge >= 0.3 is 6.18 Å². The fourth-order valence-electron chi connectivity index (χ4n) is 0.463. The van der Waals surface area contributed by atoms with Gasteiger partial charge in [0.2, 0.25) is 5.12 Å². The minimum Gasteiger partial charge on any atom is -0.286 e. The molecule has 1 nitrogen and oxygen atoms in total. The second kappa shape index (κ2) is 1.90. The van der Waals surface area contributed by atoms with Crippen LogP contribution in [0.15, 0.2) is 0 Å². The summed E-state index contributed by atoms with van der Waals surface area (Å²) in [4.78, 5) is 10.1. The Hall–Kier alpha value is -0.190. The van der Waals surface area contributed by atoms with E-state index >= 15 is 0 Å². The van der Waals surface area contributed by atoms with E-state index in [9.17, 15) is 18.0 Å². The van der Waals surface area contributed by atoms with E-state index in [1.807, 2.05) is 0 Å². The molecule has 9 heavy (non-hydrogen) atoms. The summed E-state index contributed by atoms with van der Waals surface area (Å²) in [5, 5.41) is -0.748. The lowest BCUT2D eigenvalue weighted by Gasteiger charge is -2.24. The zero-order valence-electron chi connectivity index (χ0n) is 4.23. The molecule has 0 N–H and O–H groups in total. The van der Waals surface area contributed by atoms with Crippen LogP contribution in [0.4, 0.5) is 13.2 Å². The first-order valence-electron chi connectivity index (χ1n) is 2.25. The van der Waals surface area contributed by atoms with Gasteiger partial charge in [-0.2, -0.15) is 13.2 Å². The predicted octanol–water partition coefficient (Wildman–Crippen LogP) is 1.44. The van der Waals surface area contributed by atoms with E-state index in [-0.39, 0.29) is 5.75 Å². The lowest BCUT2D eigenvalue weighted by molar-refractivity contribution is -0.174. The number of halogens is 3. The van der Waals surface area contributed by atoms with E-state index in [0.717, 1.165) is 11.8 Å². The van der Waals surface area contributed by atoms with Gasteiger partial charge in [0.1, 0.15) is 5.92 Å². The molecule has 1 heterocycles. The molecule has 0 aromatic rings. The molecule has 0 aromatic carbocycles. The molecule has 0 aliphatic carbocycles. The van der Waals surface area contributed by atoms with Crippen molar-refractivity contribution in [2.75, 3.05) is 5.75 Å². The van der Waals surface area contributed by atoms with Gasteiger partial charge in [0.15, 0.2) is 0 Å². The van der Waals surface area contributed by atoms with Gasteiger partial charge in [0, 0.05) is 5.75 Å². The molecule has 1 rings (SSSR count). The largest absolute Gasteiger partial charge is 0.400 e. The molecule has 52 valence electrons. The topological polar surface area (TPSA) is 17.1 Å². The van der Waals surface area contributed by atoms with Crippen LogP contribution in [0.1, 0.15) is 0 Å². The second-order valence-electron chi connectivity index (χ2n) is 1.72. The summed E-state index contributed by atoms with van der Waals surface area (Å²) in [7, 11) is 0. The summed E-state index contributed by atoms with van der Waals surface area (Å²) in [6.45, 7) is 0. The minimum absolute atomic E-state index is 0.0949. The van der Waals surface area contributed by atoms with Crippen LogP contribution in [-0.4, -0.2) is 17.0 Å². The number of thioether (sulfide) groups is 1. The number of alkyl halides is 3. The van der Waals surface area contributed by atoms with Gasteiger partial charge in [-0.3, -0.25) is 4.79 Å². The molecule has 1 aliphatic rings. The normalized spacial score (nSPS) is 27.9. The summed E-state index contributed by atoms with van der Waals surface area (Å²) in [6.07, 6.45) is -4.30. The van der Waals surface area contributed by atoms with Crippen LogP contribution in [0.3, 0.4) is 0 Å². The maximum Gasteiger partial charge on any atom is 0.400 e. The summed E-state index contributed by atoms with van der Waals surface area (Å²) < 4.78 is 34.6. The first kappa shape index (κ1) is 6.92. The van der Waals surface area contributed by atoms with Crippen molar-refractivity contribution in [1.82, 2.24) is 0 Å². The van der Waals surface area contributed by atoms with E-state index in [1.54, 1.807) is 0 Å². The molecular weight excluding hydrogens is 153 g/mol. The van der Waals surface area contributed by atoms with Crippen LogP contribution >= 0.6 is 11.8 Å². The molecule has 5 heteroatoms. The number of carbonyl (C=O) groups excluding carboxylic acids is 1. The van der Waals surface area contributed by atoms with Crippen molar-refractivity contribution in [3.8, 4) is 0 Å². The average Bonchev–Trinajstić information content (AvgIpc) is 1.57. The number of carbonyl (C=O) groups is 1. The molecule has 1 aliphatic heterocycles. The molecule has 0 aromatic heterocycles. The van der Waals surface area contributed by atoms with Crippen molar-refractivity contribution in [3.63, 3.8) is 0 Å². The van der Waals surface area contributed by atoms with Gasteiger partial charge in [-0.25, -0.2) is 0 Å². The Balaban J connectivity index is 2.54. The fraction of sp³-hybridized carbons (Fsp3) is 0.750. The Morgan fingerprint density at radius 3 is 2.11 bits per heavy atom. The molecule has 0 amide bonds. The molecular formula is C4H3F3OS. The van der Waals surface area contributed by atoms with Crippen LogP contribution in [0.25, 0.3) is 0 Å². The third-order valence-corrected chi connectivity index (χ3v) is 2.14.